The highest BCUT2D eigenvalue weighted by Gasteiger charge is 2.25. The summed E-state index contributed by atoms with van der Waals surface area (Å²) in [6, 6.07) is 69.2. The van der Waals surface area contributed by atoms with Gasteiger partial charge in [0.15, 0.2) is 0 Å². The Hall–Kier alpha value is -7.02. The minimum absolute atomic E-state index is 0.0795. The predicted octanol–water partition coefficient (Wildman–Crippen LogP) is 17.9. The topological polar surface area (TPSA) is 0 Å². The summed E-state index contributed by atoms with van der Waals surface area (Å²) in [4.78, 5) is 0. The number of rotatable bonds is 4. The minimum atomic E-state index is 0.0795. The Kier molecular flexibility index (Phi) is 7.86. The van der Waals surface area contributed by atoms with E-state index in [-0.39, 0.29) is 10.8 Å². The van der Waals surface area contributed by atoms with Crippen molar-refractivity contribution in [2.45, 2.75) is 52.4 Å². The summed E-state index contributed by atoms with van der Waals surface area (Å²) in [7, 11) is 0. The van der Waals surface area contributed by atoms with E-state index in [4.69, 9.17) is 0 Å². The quantitative estimate of drug-likeness (QED) is 0.156. The third-order valence-electron chi connectivity index (χ3n) is 13.9. The van der Waals surface area contributed by atoms with Crippen LogP contribution in [0.4, 0.5) is 0 Å². The molecule has 0 N–H and O–H groups in total. The van der Waals surface area contributed by atoms with Crippen molar-refractivity contribution in [2.75, 3.05) is 0 Å². The SMILES string of the molecule is CC(C)(C)c1ccc(-c2ccc(-c3ccc(C(C)(C)C)cc3)c3c4cc5c(cc6c7c(-c8ccccc8)ccc(-c8ccccc8)c7c7cccc5c76)c5cccc(c23)c54)cc1. The maximum Gasteiger partial charge on any atom is -0.00137 e. The number of hydrogen-bond acceptors (Lipinski definition) is 0. The largest absolute Gasteiger partial charge is 0.0622 e. The van der Waals surface area contributed by atoms with Crippen molar-refractivity contribution in [2.24, 2.45) is 0 Å². The van der Waals surface area contributed by atoms with Crippen molar-refractivity contribution in [1.82, 2.24) is 0 Å². The van der Waals surface area contributed by atoms with Gasteiger partial charge in [0.2, 0.25) is 0 Å². The second-order valence-electron chi connectivity index (χ2n) is 19.6. The van der Waals surface area contributed by atoms with Crippen molar-refractivity contribution < 1.29 is 0 Å². The van der Waals surface area contributed by atoms with Crippen molar-refractivity contribution in [1.29, 1.82) is 0 Å². The van der Waals surface area contributed by atoms with E-state index >= 15 is 0 Å². The molecule has 12 aromatic carbocycles. The number of fused-ring (bicyclic) bond motifs is 9. The van der Waals surface area contributed by atoms with Crippen molar-refractivity contribution in [3.8, 4) is 44.5 Å². The molecule has 0 saturated heterocycles. The van der Waals surface area contributed by atoms with Gasteiger partial charge in [-0.05, 0) is 154 Å². The first kappa shape index (κ1) is 36.8. The van der Waals surface area contributed by atoms with Gasteiger partial charge >= 0.3 is 0 Å². The van der Waals surface area contributed by atoms with Gasteiger partial charge in [0.1, 0.15) is 0 Å². The second kappa shape index (κ2) is 13.2. The molecular formula is C62H48. The van der Waals surface area contributed by atoms with Crippen molar-refractivity contribution in [3.63, 3.8) is 0 Å². The first-order chi connectivity index (χ1) is 30.0. The van der Waals surface area contributed by atoms with E-state index in [2.05, 4.69) is 224 Å². The first-order valence-electron chi connectivity index (χ1n) is 22.2. The molecule has 0 heterocycles. The van der Waals surface area contributed by atoms with Gasteiger partial charge in [-0.15, -0.1) is 0 Å². The van der Waals surface area contributed by atoms with Gasteiger partial charge in [-0.2, -0.15) is 0 Å². The lowest BCUT2D eigenvalue weighted by Crippen LogP contribution is -2.10. The highest BCUT2D eigenvalue weighted by atomic mass is 14.3. The molecule has 0 atom stereocenters. The van der Waals surface area contributed by atoms with Crippen LogP contribution in [-0.4, -0.2) is 0 Å². The standard InChI is InChI=1S/C62H48/c1-61(2,3)41-27-23-39(24-28-41)45-33-34-46(40-25-29-42(30-26-40)62(4,5)6)60-54-36-52-47-19-13-21-49-55(47)53(35-51(52)48-20-14-22-50(56(48)54)58(45)60)59-44(38-17-11-8-12-18-38)32-31-43(57(49)59)37-15-9-7-10-16-37/h7-36H,1-6H3. The first-order valence-corrected chi connectivity index (χ1v) is 22.2. The van der Waals surface area contributed by atoms with Crippen molar-refractivity contribution in [3.05, 3.63) is 193 Å². The molecule has 296 valence electrons. The molecule has 0 saturated carbocycles. The molecule has 0 fully saturated rings. The lowest BCUT2D eigenvalue weighted by molar-refractivity contribution is 0.590. The van der Waals surface area contributed by atoms with E-state index in [0.717, 1.165) is 0 Å². The monoisotopic (exact) mass is 792 g/mol. The van der Waals surface area contributed by atoms with Crippen LogP contribution in [0, 0.1) is 0 Å². The third kappa shape index (κ3) is 5.39. The Bertz CT molecular complexity index is 3690. The van der Waals surface area contributed by atoms with Gasteiger partial charge in [-0.1, -0.05) is 211 Å². The Balaban J connectivity index is 1.23. The average Bonchev–Trinajstić information content (AvgIpc) is 3.81. The zero-order valence-electron chi connectivity index (χ0n) is 36.3. The average molecular weight is 793 g/mol. The molecule has 12 rings (SSSR count). The molecule has 0 unspecified atom stereocenters. The summed E-state index contributed by atoms with van der Waals surface area (Å²) in [5.74, 6) is 0. The van der Waals surface area contributed by atoms with E-state index in [9.17, 15) is 0 Å². The molecule has 62 heavy (non-hydrogen) atoms. The van der Waals surface area contributed by atoms with Crippen LogP contribution in [0.5, 0.6) is 0 Å². The molecule has 0 radical (unpaired) electrons. The van der Waals surface area contributed by atoms with Crippen LogP contribution in [0.15, 0.2) is 182 Å². The molecule has 0 aromatic heterocycles. The van der Waals surface area contributed by atoms with Crippen LogP contribution < -0.4 is 0 Å². The minimum Gasteiger partial charge on any atom is -0.0622 e. The van der Waals surface area contributed by atoms with Crippen LogP contribution in [0.3, 0.4) is 0 Å². The van der Waals surface area contributed by atoms with E-state index in [1.807, 2.05) is 0 Å². The molecule has 0 heteroatoms. The van der Waals surface area contributed by atoms with Gasteiger partial charge in [0.05, 0.1) is 0 Å². The van der Waals surface area contributed by atoms with E-state index in [1.165, 1.54) is 131 Å². The smallest absolute Gasteiger partial charge is 0.00137 e. The zero-order valence-corrected chi connectivity index (χ0v) is 36.3. The molecule has 12 aromatic rings. The molecule has 0 bridgehead atoms. The molecular weight excluding hydrogens is 745 g/mol. The highest BCUT2D eigenvalue weighted by molar-refractivity contribution is 6.44. The van der Waals surface area contributed by atoms with E-state index in [0.29, 0.717) is 0 Å². The molecule has 0 spiro atoms. The summed E-state index contributed by atoms with van der Waals surface area (Å²) < 4.78 is 0. The summed E-state index contributed by atoms with van der Waals surface area (Å²) in [6.07, 6.45) is 0. The summed E-state index contributed by atoms with van der Waals surface area (Å²) in [6.45, 7) is 13.8. The predicted molar refractivity (Wildman–Crippen MR) is 270 cm³/mol. The lowest BCUT2D eigenvalue weighted by atomic mass is 9.85. The summed E-state index contributed by atoms with van der Waals surface area (Å²) >= 11 is 0. The third-order valence-corrected chi connectivity index (χ3v) is 13.9. The van der Waals surface area contributed by atoms with E-state index in [1.54, 1.807) is 0 Å². The van der Waals surface area contributed by atoms with Crippen molar-refractivity contribution >= 4 is 75.4 Å². The van der Waals surface area contributed by atoms with Crippen LogP contribution >= 0.6 is 0 Å². The Morgan fingerprint density at radius 2 is 0.532 bits per heavy atom. The van der Waals surface area contributed by atoms with Crippen LogP contribution in [0.25, 0.3) is 120 Å². The van der Waals surface area contributed by atoms with Gasteiger partial charge in [-0.3, -0.25) is 0 Å². The number of benzene rings is 10. The highest BCUT2D eigenvalue weighted by Crippen LogP contribution is 2.53. The summed E-state index contributed by atoms with van der Waals surface area (Å²) in [5, 5.41) is 18.6. The van der Waals surface area contributed by atoms with Crippen LogP contribution in [-0.2, 0) is 10.8 Å². The molecule has 0 aliphatic heterocycles. The van der Waals surface area contributed by atoms with Gasteiger partial charge in [0, 0.05) is 0 Å². The second-order valence-corrected chi connectivity index (χ2v) is 19.6. The maximum atomic E-state index is 2.55. The molecule has 0 aliphatic carbocycles. The van der Waals surface area contributed by atoms with E-state index < -0.39 is 0 Å². The molecule has 0 aliphatic rings. The van der Waals surface area contributed by atoms with Gasteiger partial charge in [-0.25, -0.2) is 0 Å². The molecule has 0 nitrogen and oxygen atoms in total. The van der Waals surface area contributed by atoms with Crippen LogP contribution in [0.2, 0.25) is 0 Å². The lowest BCUT2D eigenvalue weighted by Gasteiger charge is -2.20. The maximum absolute atomic E-state index is 2.55. The fraction of sp³-hybridized carbons (Fsp3) is 0.129. The summed E-state index contributed by atoms with van der Waals surface area (Å²) in [5.41, 5.74) is 13.0. The fourth-order valence-electron chi connectivity index (χ4n) is 10.8. The molecule has 0 amide bonds. The van der Waals surface area contributed by atoms with Crippen LogP contribution in [0.1, 0.15) is 52.7 Å². The van der Waals surface area contributed by atoms with Gasteiger partial charge in [0.25, 0.3) is 0 Å². The Morgan fingerprint density at radius 3 is 0.871 bits per heavy atom. The van der Waals surface area contributed by atoms with Gasteiger partial charge < -0.3 is 0 Å². The normalized spacial score (nSPS) is 12.7. The number of hydrogen-bond donors (Lipinski definition) is 0. The Labute approximate surface area is 363 Å². The Morgan fingerprint density at radius 1 is 0.226 bits per heavy atom. The zero-order chi connectivity index (χ0) is 42.1. The fourth-order valence-corrected chi connectivity index (χ4v) is 10.8.